The van der Waals surface area contributed by atoms with E-state index in [0.29, 0.717) is 11.8 Å². The van der Waals surface area contributed by atoms with Gasteiger partial charge in [0.1, 0.15) is 5.60 Å². The van der Waals surface area contributed by atoms with Crippen LogP contribution in [0.4, 0.5) is 4.79 Å². The van der Waals surface area contributed by atoms with E-state index in [1.165, 1.54) is 5.69 Å². The second-order valence-corrected chi connectivity index (χ2v) is 7.08. The number of aryl methyl sites for hydroxylation is 1. The zero-order valence-corrected chi connectivity index (χ0v) is 15.2. The summed E-state index contributed by atoms with van der Waals surface area (Å²) in [5.41, 5.74) is 1.91. The Morgan fingerprint density at radius 2 is 1.91 bits per heavy atom. The van der Waals surface area contributed by atoms with E-state index in [0.717, 1.165) is 38.0 Å². The normalized spacial score (nSPS) is 16.5. The maximum atomic E-state index is 12.2. The Labute approximate surface area is 138 Å². The van der Waals surface area contributed by atoms with Crippen molar-refractivity contribution in [3.8, 4) is 5.88 Å². The number of nitrogens with zero attached hydrogens (tertiary/aromatic N) is 3. The minimum Gasteiger partial charge on any atom is -0.480 e. The van der Waals surface area contributed by atoms with Crippen molar-refractivity contribution in [2.24, 2.45) is 0 Å². The number of carbonyl (C=O) groups excluding carboxylic acids is 1. The fraction of sp³-hybridized carbons (Fsp3) is 0.765. The van der Waals surface area contributed by atoms with Gasteiger partial charge in [-0.3, -0.25) is 4.68 Å². The van der Waals surface area contributed by atoms with E-state index < -0.39 is 5.60 Å². The molecular weight excluding hydrogens is 294 g/mol. The van der Waals surface area contributed by atoms with E-state index in [1.54, 1.807) is 12.0 Å². The van der Waals surface area contributed by atoms with Crippen LogP contribution in [0.2, 0.25) is 0 Å². The maximum Gasteiger partial charge on any atom is 0.410 e. The number of piperidine rings is 1. The highest BCUT2D eigenvalue weighted by Gasteiger charge is 2.30. The average molecular weight is 323 g/mol. The molecule has 2 heterocycles. The Hall–Kier alpha value is -1.72. The highest BCUT2D eigenvalue weighted by molar-refractivity contribution is 5.68. The minimum atomic E-state index is -0.446. The summed E-state index contributed by atoms with van der Waals surface area (Å²) >= 11 is 0. The molecule has 1 aliphatic rings. The van der Waals surface area contributed by atoms with Gasteiger partial charge < -0.3 is 14.4 Å². The third-order valence-corrected chi connectivity index (χ3v) is 4.22. The fourth-order valence-electron chi connectivity index (χ4n) is 3.16. The molecule has 0 aromatic carbocycles. The van der Waals surface area contributed by atoms with Gasteiger partial charge in [-0.05, 0) is 47.5 Å². The van der Waals surface area contributed by atoms with Crippen LogP contribution in [-0.2, 0) is 11.3 Å². The van der Waals surface area contributed by atoms with Crippen LogP contribution in [0.3, 0.4) is 0 Å². The largest absolute Gasteiger partial charge is 0.480 e. The van der Waals surface area contributed by atoms with Crippen molar-refractivity contribution in [1.82, 2.24) is 14.7 Å². The minimum absolute atomic E-state index is 0.214. The summed E-state index contributed by atoms with van der Waals surface area (Å²) in [5.74, 6) is 1.11. The van der Waals surface area contributed by atoms with Gasteiger partial charge in [0, 0.05) is 36.8 Å². The van der Waals surface area contributed by atoms with Gasteiger partial charge in [-0.1, -0.05) is 0 Å². The van der Waals surface area contributed by atoms with Crippen LogP contribution in [0.5, 0.6) is 5.88 Å². The predicted molar refractivity (Wildman–Crippen MR) is 89.0 cm³/mol. The van der Waals surface area contributed by atoms with Crippen molar-refractivity contribution >= 4 is 6.09 Å². The molecule has 6 nitrogen and oxygen atoms in total. The molecule has 6 heteroatoms. The molecule has 0 spiro atoms. The van der Waals surface area contributed by atoms with Gasteiger partial charge in [-0.25, -0.2) is 4.79 Å². The molecule has 0 saturated carbocycles. The van der Waals surface area contributed by atoms with Crippen LogP contribution < -0.4 is 4.74 Å². The van der Waals surface area contributed by atoms with Crippen molar-refractivity contribution in [3.05, 3.63) is 11.3 Å². The van der Waals surface area contributed by atoms with E-state index in [4.69, 9.17) is 9.47 Å². The molecule has 0 N–H and O–H groups in total. The summed E-state index contributed by atoms with van der Waals surface area (Å²) < 4.78 is 12.8. The number of hydrogen-bond acceptors (Lipinski definition) is 4. The molecule has 1 aliphatic heterocycles. The van der Waals surface area contributed by atoms with E-state index in [2.05, 4.69) is 18.9 Å². The Bertz CT molecular complexity index is 552. The fourth-order valence-corrected chi connectivity index (χ4v) is 3.16. The Balaban J connectivity index is 2.05. The van der Waals surface area contributed by atoms with Crippen molar-refractivity contribution in [3.63, 3.8) is 0 Å². The molecule has 0 radical (unpaired) electrons. The molecule has 0 bridgehead atoms. The molecule has 0 unspecified atom stereocenters. The molecule has 0 aliphatic carbocycles. The SMILES string of the molecule is CCn1nc(OC)c(C)c1C1CCN(C(=O)OC(C)(C)C)CC1. The first kappa shape index (κ1) is 17.6. The molecule has 130 valence electrons. The van der Waals surface area contributed by atoms with Crippen LogP contribution in [-0.4, -0.2) is 46.6 Å². The van der Waals surface area contributed by atoms with E-state index in [9.17, 15) is 4.79 Å². The number of likely N-dealkylation sites (tertiary alicyclic amines) is 1. The zero-order valence-electron chi connectivity index (χ0n) is 15.2. The van der Waals surface area contributed by atoms with Gasteiger partial charge in [0.25, 0.3) is 0 Å². The number of methoxy groups -OCH3 is 1. The van der Waals surface area contributed by atoms with Gasteiger partial charge in [0.05, 0.1) is 7.11 Å². The highest BCUT2D eigenvalue weighted by atomic mass is 16.6. The van der Waals surface area contributed by atoms with Crippen molar-refractivity contribution in [2.45, 2.75) is 65.5 Å². The van der Waals surface area contributed by atoms with Crippen molar-refractivity contribution in [2.75, 3.05) is 20.2 Å². The lowest BCUT2D eigenvalue weighted by atomic mass is 9.91. The van der Waals surface area contributed by atoms with Crippen LogP contribution >= 0.6 is 0 Å². The summed E-state index contributed by atoms with van der Waals surface area (Å²) in [6.45, 7) is 12.1. The number of ether oxygens (including phenoxy) is 2. The van der Waals surface area contributed by atoms with Crippen LogP contribution in [0.25, 0.3) is 0 Å². The predicted octanol–water partition coefficient (Wildman–Crippen LogP) is 3.33. The van der Waals surface area contributed by atoms with E-state index in [-0.39, 0.29) is 6.09 Å². The second kappa shape index (κ2) is 6.81. The van der Waals surface area contributed by atoms with Gasteiger partial charge >= 0.3 is 6.09 Å². The summed E-state index contributed by atoms with van der Waals surface area (Å²) in [5, 5.41) is 4.51. The number of carbonyl (C=O) groups is 1. The standard InChI is InChI=1S/C17H29N3O3/c1-7-20-14(12(2)15(18-20)22-6)13-8-10-19(11-9-13)16(21)23-17(3,4)5/h13H,7-11H2,1-6H3. The van der Waals surface area contributed by atoms with Crippen molar-refractivity contribution in [1.29, 1.82) is 0 Å². The molecular formula is C17H29N3O3. The lowest BCUT2D eigenvalue weighted by Gasteiger charge is -2.33. The van der Waals surface area contributed by atoms with Crippen LogP contribution in [0.1, 0.15) is 57.7 Å². The Morgan fingerprint density at radius 1 is 1.30 bits per heavy atom. The van der Waals surface area contributed by atoms with E-state index in [1.807, 2.05) is 25.5 Å². The third kappa shape index (κ3) is 3.98. The second-order valence-electron chi connectivity index (χ2n) is 7.08. The smallest absolute Gasteiger partial charge is 0.410 e. The summed E-state index contributed by atoms with van der Waals surface area (Å²) in [4.78, 5) is 14.0. The average Bonchev–Trinajstić information content (AvgIpc) is 2.81. The summed E-state index contributed by atoms with van der Waals surface area (Å²) in [6, 6.07) is 0. The quantitative estimate of drug-likeness (QED) is 0.856. The molecule has 1 aromatic heterocycles. The zero-order chi connectivity index (χ0) is 17.2. The first-order chi connectivity index (χ1) is 10.8. The summed E-state index contributed by atoms with van der Waals surface area (Å²) in [6.07, 6.45) is 1.64. The van der Waals surface area contributed by atoms with Crippen LogP contribution in [0, 0.1) is 6.92 Å². The highest BCUT2D eigenvalue weighted by Crippen LogP contribution is 2.34. The molecule has 23 heavy (non-hydrogen) atoms. The molecule has 1 saturated heterocycles. The summed E-state index contributed by atoms with van der Waals surface area (Å²) in [7, 11) is 1.66. The maximum absolute atomic E-state index is 12.2. The first-order valence-electron chi connectivity index (χ1n) is 8.36. The third-order valence-electron chi connectivity index (χ3n) is 4.22. The van der Waals surface area contributed by atoms with E-state index >= 15 is 0 Å². The lowest BCUT2D eigenvalue weighted by Crippen LogP contribution is -2.41. The van der Waals surface area contributed by atoms with Gasteiger partial charge in [0.2, 0.25) is 5.88 Å². The van der Waals surface area contributed by atoms with Crippen LogP contribution in [0.15, 0.2) is 0 Å². The first-order valence-corrected chi connectivity index (χ1v) is 8.36. The number of aromatic nitrogens is 2. The Kier molecular flexibility index (Phi) is 5.22. The molecule has 1 fully saturated rings. The molecule has 2 rings (SSSR count). The topological polar surface area (TPSA) is 56.6 Å². The number of hydrogen-bond donors (Lipinski definition) is 0. The lowest BCUT2D eigenvalue weighted by molar-refractivity contribution is 0.0203. The van der Waals surface area contributed by atoms with Gasteiger partial charge in [-0.15, -0.1) is 5.10 Å². The monoisotopic (exact) mass is 323 g/mol. The molecule has 1 aromatic rings. The molecule has 0 atom stereocenters. The van der Waals surface area contributed by atoms with Gasteiger partial charge in [0.15, 0.2) is 0 Å². The number of amides is 1. The van der Waals surface area contributed by atoms with Crippen molar-refractivity contribution < 1.29 is 14.3 Å². The molecule has 1 amide bonds. The van der Waals surface area contributed by atoms with Gasteiger partial charge in [-0.2, -0.15) is 0 Å². The number of rotatable bonds is 3. The Morgan fingerprint density at radius 3 is 2.39 bits per heavy atom.